The number of benzene rings is 2. The fourth-order valence-corrected chi connectivity index (χ4v) is 3.52. The third-order valence-electron chi connectivity index (χ3n) is 4.03. The molecular formula is C17H19N3O5S. The van der Waals surface area contributed by atoms with Crippen LogP contribution in [0.5, 0.6) is 0 Å². The quantitative estimate of drug-likeness (QED) is 0.589. The van der Waals surface area contributed by atoms with Crippen LogP contribution in [0.1, 0.15) is 12.5 Å². The smallest absolute Gasteiger partial charge is 0.295 e. The van der Waals surface area contributed by atoms with Crippen molar-refractivity contribution >= 4 is 33.0 Å². The van der Waals surface area contributed by atoms with E-state index < -0.39 is 20.6 Å². The number of rotatable bonds is 5. The largest absolute Gasteiger partial charge is 0.315 e. The van der Waals surface area contributed by atoms with E-state index in [1.54, 1.807) is 12.1 Å². The summed E-state index contributed by atoms with van der Waals surface area (Å²) >= 11 is 0. The number of hydrogen-bond donors (Lipinski definition) is 0. The second kappa shape index (κ2) is 7.12. The highest BCUT2D eigenvalue weighted by Gasteiger charge is 2.28. The van der Waals surface area contributed by atoms with Gasteiger partial charge in [-0.2, -0.15) is 0 Å². The lowest BCUT2D eigenvalue weighted by Gasteiger charge is -2.21. The van der Waals surface area contributed by atoms with Crippen LogP contribution in [0.15, 0.2) is 47.4 Å². The molecule has 0 aliphatic heterocycles. The first-order valence-electron chi connectivity index (χ1n) is 7.64. The third kappa shape index (κ3) is 3.67. The van der Waals surface area contributed by atoms with Crippen LogP contribution in [-0.4, -0.2) is 33.3 Å². The van der Waals surface area contributed by atoms with E-state index in [1.165, 1.54) is 56.3 Å². The van der Waals surface area contributed by atoms with Gasteiger partial charge < -0.3 is 4.90 Å². The number of anilines is 2. The summed E-state index contributed by atoms with van der Waals surface area (Å²) < 4.78 is 26.4. The zero-order valence-electron chi connectivity index (χ0n) is 14.8. The molecule has 2 aromatic rings. The molecule has 0 unspecified atom stereocenters. The number of amides is 1. The summed E-state index contributed by atoms with van der Waals surface area (Å²) in [6.45, 7) is 3.16. The molecule has 0 radical (unpaired) electrons. The van der Waals surface area contributed by atoms with Gasteiger partial charge in [0.25, 0.3) is 15.7 Å². The first-order valence-corrected chi connectivity index (χ1v) is 9.08. The molecular weight excluding hydrogens is 358 g/mol. The molecule has 0 aromatic heterocycles. The molecule has 0 bridgehead atoms. The van der Waals surface area contributed by atoms with Crippen molar-refractivity contribution in [3.05, 3.63) is 58.1 Å². The maximum atomic E-state index is 12.8. The standard InChI is InChI=1S/C17H19N3O5S/c1-12-5-8-15(9-6-12)26(24,25)19(4)16-10-7-14(18(3)13(2)21)11-17(16)20(22)23/h5-11H,1-4H3. The van der Waals surface area contributed by atoms with E-state index in [0.29, 0.717) is 5.69 Å². The van der Waals surface area contributed by atoms with Crippen molar-refractivity contribution in [2.75, 3.05) is 23.3 Å². The molecule has 138 valence electrons. The Labute approximate surface area is 151 Å². The highest BCUT2D eigenvalue weighted by atomic mass is 32.2. The fourth-order valence-electron chi connectivity index (χ4n) is 2.31. The molecule has 0 heterocycles. The summed E-state index contributed by atoms with van der Waals surface area (Å²) in [6, 6.07) is 10.2. The third-order valence-corrected chi connectivity index (χ3v) is 5.82. The molecule has 26 heavy (non-hydrogen) atoms. The number of hydrogen-bond acceptors (Lipinski definition) is 5. The molecule has 0 saturated heterocycles. The Bertz CT molecular complexity index is 955. The van der Waals surface area contributed by atoms with Crippen LogP contribution in [0.3, 0.4) is 0 Å². The minimum absolute atomic E-state index is 0.0322. The lowest BCUT2D eigenvalue weighted by Crippen LogP contribution is -2.28. The number of nitro benzene ring substituents is 1. The van der Waals surface area contributed by atoms with Gasteiger partial charge in [0.15, 0.2) is 0 Å². The average molecular weight is 377 g/mol. The Hall–Kier alpha value is -2.94. The first kappa shape index (κ1) is 19.4. The van der Waals surface area contributed by atoms with Gasteiger partial charge >= 0.3 is 0 Å². The molecule has 9 heteroatoms. The van der Waals surface area contributed by atoms with E-state index in [0.717, 1.165) is 9.87 Å². The predicted molar refractivity (Wildman–Crippen MR) is 98.9 cm³/mol. The fraction of sp³-hybridized carbons (Fsp3) is 0.235. The van der Waals surface area contributed by atoms with Crippen LogP contribution < -0.4 is 9.21 Å². The highest BCUT2D eigenvalue weighted by Crippen LogP contribution is 2.34. The Morgan fingerprint density at radius 2 is 1.65 bits per heavy atom. The number of aryl methyl sites for hydroxylation is 1. The molecule has 0 atom stereocenters. The van der Waals surface area contributed by atoms with Crippen molar-refractivity contribution in [3.8, 4) is 0 Å². The van der Waals surface area contributed by atoms with Crippen LogP contribution in [0, 0.1) is 17.0 Å². The normalized spacial score (nSPS) is 11.1. The Morgan fingerprint density at radius 3 is 2.15 bits per heavy atom. The number of nitrogens with zero attached hydrogens (tertiary/aromatic N) is 3. The van der Waals surface area contributed by atoms with Gasteiger partial charge in [0.1, 0.15) is 5.69 Å². The maximum Gasteiger partial charge on any atom is 0.295 e. The van der Waals surface area contributed by atoms with Crippen molar-refractivity contribution in [1.82, 2.24) is 0 Å². The van der Waals surface area contributed by atoms with Gasteiger partial charge in [0.05, 0.1) is 15.5 Å². The van der Waals surface area contributed by atoms with Crippen LogP contribution in [0.2, 0.25) is 0 Å². The van der Waals surface area contributed by atoms with E-state index in [-0.39, 0.29) is 16.5 Å². The minimum Gasteiger partial charge on any atom is -0.315 e. The van der Waals surface area contributed by atoms with Crippen LogP contribution in [-0.2, 0) is 14.8 Å². The molecule has 2 aromatic carbocycles. The van der Waals surface area contributed by atoms with Gasteiger partial charge in [-0.15, -0.1) is 0 Å². The Balaban J connectivity index is 2.54. The molecule has 1 amide bonds. The molecule has 0 aliphatic carbocycles. The summed E-state index contributed by atoms with van der Waals surface area (Å²) in [5, 5.41) is 11.5. The van der Waals surface area contributed by atoms with Crippen molar-refractivity contribution in [1.29, 1.82) is 0 Å². The van der Waals surface area contributed by atoms with E-state index in [9.17, 15) is 23.3 Å². The second-order valence-electron chi connectivity index (χ2n) is 5.79. The summed E-state index contributed by atoms with van der Waals surface area (Å²) in [5.74, 6) is -0.298. The van der Waals surface area contributed by atoms with E-state index in [2.05, 4.69) is 0 Å². The topological polar surface area (TPSA) is 101 Å². The number of nitro groups is 1. The predicted octanol–water partition coefficient (Wildman–Crippen LogP) is 2.71. The van der Waals surface area contributed by atoms with Gasteiger partial charge in [0, 0.05) is 27.1 Å². The van der Waals surface area contributed by atoms with Gasteiger partial charge in [-0.1, -0.05) is 17.7 Å². The van der Waals surface area contributed by atoms with Crippen molar-refractivity contribution < 1.29 is 18.1 Å². The summed E-state index contributed by atoms with van der Waals surface area (Å²) in [7, 11) is -1.23. The number of carbonyl (C=O) groups excluding carboxylic acids is 1. The summed E-state index contributed by atoms with van der Waals surface area (Å²) in [4.78, 5) is 23.5. The Morgan fingerprint density at radius 1 is 1.08 bits per heavy atom. The van der Waals surface area contributed by atoms with Gasteiger partial charge in [-0.25, -0.2) is 8.42 Å². The molecule has 0 fully saturated rings. The van der Waals surface area contributed by atoms with Crippen molar-refractivity contribution in [3.63, 3.8) is 0 Å². The zero-order chi connectivity index (χ0) is 19.6. The molecule has 2 rings (SSSR count). The SMILES string of the molecule is CC(=O)N(C)c1ccc(N(C)S(=O)(=O)c2ccc(C)cc2)c([N+](=O)[O-])c1. The lowest BCUT2D eigenvalue weighted by molar-refractivity contribution is -0.384. The van der Waals surface area contributed by atoms with E-state index >= 15 is 0 Å². The zero-order valence-corrected chi connectivity index (χ0v) is 15.6. The lowest BCUT2D eigenvalue weighted by atomic mass is 10.2. The molecule has 0 spiro atoms. The van der Waals surface area contributed by atoms with Crippen molar-refractivity contribution in [2.24, 2.45) is 0 Å². The maximum absolute atomic E-state index is 12.8. The molecule has 0 aliphatic rings. The van der Waals surface area contributed by atoms with Crippen LogP contribution >= 0.6 is 0 Å². The minimum atomic E-state index is -3.97. The molecule has 8 nitrogen and oxygen atoms in total. The first-order chi connectivity index (χ1) is 12.1. The monoisotopic (exact) mass is 377 g/mol. The Kier molecular flexibility index (Phi) is 5.31. The van der Waals surface area contributed by atoms with Crippen LogP contribution in [0.4, 0.5) is 17.1 Å². The summed E-state index contributed by atoms with van der Waals surface area (Å²) in [6.07, 6.45) is 0. The highest BCUT2D eigenvalue weighted by molar-refractivity contribution is 7.92. The molecule has 0 saturated carbocycles. The van der Waals surface area contributed by atoms with Crippen molar-refractivity contribution in [2.45, 2.75) is 18.7 Å². The summed E-state index contributed by atoms with van der Waals surface area (Å²) in [5.41, 5.74) is 0.702. The second-order valence-corrected chi connectivity index (χ2v) is 7.76. The number of carbonyl (C=O) groups is 1. The van der Waals surface area contributed by atoms with Gasteiger partial charge in [-0.05, 0) is 31.2 Å². The van der Waals surface area contributed by atoms with Gasteiger partial charge in [-0.3, -0.25) is 19.2 Å². The van der Waals surface area contributed by atoms with Gasteiger partial charge in [0.2, 0.25) is 5.91 Å². The molecule has 0 N–H and O–H groups in total. The van der Waals surface area contributed by atoms with E-state index in [4.69, 9.17) is 0 Å². The number of sulfonamides is 1. The van der Waals surface area contributed by atoms with E-state index in [1.807, 2.05) is 6.92 Å². The average Bonchev–Trinajstić information content (AvgIpc) is 2.60. The van der Waals surface area contributed by atoms with Crippen LogP contribution in [0.25, 0.3) is 0 Å².